The zero-order valence-electron chi connectivity index (χ0n) is 18.9. The summed E-state index contributed by atoms with van der Waals surface area (Å²) in [7, 11) is 1.64. The minimum Gasteiger partial charge on any atom is -0.497 e. The van der Waals surface area contributed by atoms with Crippen LogP contribution in [-0.2, 0) is 5.75 Å². The number of nitrogens with zero attached hydrogens (tertiary/aromatic N) is 6. The van der Waals surface area contributed by atoms with Crippen LogP contribution in [0, 0.1) is 0 Å². The molecule has 0 bridgehead atoms. The van der Waals surface area contributed by atoms with Gasteiger partial charge in [0.15, 0.2) is 11.0 Å². The summed E-state index contributed by atoms with van der Waals surface area (Å²) in [6.07, 6.45) is 0. The van der Waals surface area contributed by atoms with Gasteiger partial charge >= 0.3 is 0 Å². The third kappa shape index (κ3) is 5.22. The van der Waals surface area contributed by atoms with Crippen molar-refractivity contribution in [1.29, 1.82) is 0 Å². The molecule has 0 atom stereocenters. The Bertz CT molecular complexity index is 1430. The molecule has 3 N–H and O–H groups in total. The summed E-state index contributed by atoms with van der Waals surface area (Å²) in [5.41, 5.74) is 8.66. The van der Waals surface area contributed by atoms with Crippen molar-refractivity contribution in [3.8, 4) is 22.8 Å². The van der Waals surface area contributed by atoms with Gasteiger partial charge in [-0.25, -0.2) is 0 Å². The van der Waals surface area contributed by atoms with Crippen molar-refractivity contribution >= 4 is 29.3 Å². The van der Waals surface area contributed by atoms with Gasteiger partial charge in [-0.15, -0.1) is 10.2 Å². The number of ether oxygens (including phenoxy) is 1. The van der Waals surface area contributed by atoms with Crippen molar-refractivity contribution in [2.24, 2.45) is 0 Å². The molecular formula is C25H22N8OS. The molecule has 10 heteroatoms. The molecule has 0 aliphatic heterocycles. The van der Waals surface area contributed by atoms with Gasteiger partial charge < -0.3 is 15.8 Å². The third-order valence-electron chi connectivity index (χ3n) is 5.04. The number of benzene rings is 3. The Hall–Kier alpha value is -4.44. The van der Waals surface area contributed by atoms with Gasteiger partial charge in [-0.1, -0.05) is 60.3 Å². The number of hydrogen-bond acceptors (Lipinski definition) is 9. The molecule has 0 unspecified atom stereocenters. The van der Waals surface area contributed by atoms with Crippen LogP contribution in [-0.4, -0.2) is 36.8 Å². The zero-order chi connectivity index (χ0) is 24.0. The van der Waals surface area contributed by atoms with Crippen molar-refractivity contribution in [3.05, 3.63) is 90.8 Å². The quantitative estimate of drug-likeness (QED) is 0.302. The van der Waals surface area contributed by atoms with Gasteiger partial charge in [-0.2, -0.15) is 15.0 Å². The van der Waals surface area contributed by atoms with E-state index in [1.807, 2.05) is 89.5 Å². The molecule has 0 amide bonds. The second-order valence-electron chi connectivity index (χ2n) is 7.42. The number of anilines is 3. The Morgan fingerprint density at radius 1 is 0.886 bits per heavy atom. The largest absolute Gasteiger partial charge is 0.497 e. The molecule has 174 valence electrons. The first-order valence-corrected chi connectivity index (χ1v) is 11.8. The number of rotatable bonds is 8. The second kappa shape index (κ2) is 10.2. The van der Waals surface area contributed by atoms with E-state index in [9.17, 15) is 0 Å². The molecule has 0 aliphatic carbocycles. The summed E-state index contributed by atoms with van der Waals surface area (Å²) in [5, 5.41) is 12.8. The van der Waals surface area contributed by atoms with Crippen LogP contribution < -0.4 is 15.8 Å². The van der Waals surface area contributed by atoms with Crippen LogP contribution in [0.2, 0.25) is 0 Å². The zero-order valence-corrected chi connectivity index (χ0v) is 19.7. The predicted octanol–water partition coefficient (Wildman–Crippen LogP) is 4.75. The highest BCUT2D eigenvalue weighted by molar-refractivity contribution is 7.98. The van der Waals surface area contributed by atoms with Crippen LogP contribution in [0.3, 0.4) is 0 Å². The van der Waals surface area contributed by atoms with Crippen LogP contribution in [0.25, 0.3) is 17.1 Å². The van der Waals surface area contributed by atoms with Crippen LogP contribution in [0.1, 0.15) is 5.82 Å². The first kappa shape index (κ1) is 22.4. The molecule has 0 saturated heterocycles. The van der Waals surface area contributed by atoms with E-state index < -0.39 is 0 Å². The molecule has 5 aromatic rings. The molecule has 2 heterocycles. The van der Waals surface area contributed by atoms with Crippen molar-refractivity contribution in [2.45, 2.75) is 10.9 Å². The van der Waals surface area contributed by atoms with Crippen LogP contribution >= 0.6 is 11.8 Å². The normalized spacial score (nSPS) is 10.8. The molecular weight excluding hydrogens is 460 g/mol. The molecule has 5 rings (SSSR count). The summed E-state index contributed by atoms with van der Waals surface area (Å²) in [4.78, 5) is 13.0. The number of methoxy groups -OCH3 is 1. The van der Waals surface area contributed by atoms with Crippen LogP contribution in [0.4, 0.5) is 17.6 Å². The van der Waals surface area contributed by atoms with Crippen molar-refractivity contribution < 1.29 is 4.74 Å². The number of thioether (sulfide) groups is 1. The van der Waals surface area contributed by atoms with E-state index in [4.69, 9.17) is 10.5 Å². The summed E-state index contributed by atoms with van der Waals surface area (Å²) in [6, 6.07) is 27.4. The Morgan fingerprint density at radius 3 is 2.43 bits per heavy atom. The topological polar surface area (TPSA) is 117 Å². The van der Waals surface area contributed by atoms with E-state index in [0.29, 0.717) is 28.5 Å². The van der Waals surface area contributed by atoms with E-state index in [2.05, 4.69) is 30.5 Å². The first-order chi connectivity index (χ1) is 17.2. The monoisotopic (exact) mass is 482 g/mol. The first-order valence-electron chi connectivity index (χ1n) is 10.8. The number of hydrogen-bond donors (Lipinski definition) is 2. The lowest BCUT2D eigenvalue weighted by molar-refractivity contribution is 0.415. The van der Waals surface area contributed by atoms with Gasteiger partial charge in [0, 0.05) is 16.9 Å². The smallest absolute Gasteiger partial charge is 0.232 e. The van der Waals surface area contributed by atoms with Gasteiger partial charge in [0.1, 0.15) is 11.6 Å². The molecule has 2 aromatic heterocycles. The predicted molar refractivity (Wildman–Crippen MR) is 137 cm³/mol. The Labute approximate surface area is 206 Å². The van der Waals surface area contributed by atoms with Gasteiger partial charge in [-0.3, -0.25) is 4.57 Å². The lowest BCUT2D eigenvalue weighted by atomic mass is 10.2. The molecule has 3 aromatic carbocycles. The van der Waals surface area contributed by atoms with Gasteiger partial charge in [-0.05, 0) is 36.4 Å². The highest BCUT2D eigenvalue weighted by Gasteiger charge is 2.17. The van der Waals surface area contributed by atoms with Gasteiger partial charge in [0.25, 0.3) is 0 Å². The number of para-hydroxylation sites is 2. The fourth-order valence-corrected chi connectivity index (χ4v) is 4.27. The maximum atomic E-state index is 5.95. The number of aromatic nitrogens is 6. The molecule has 35 heavy (non-hydrogen) atoms. The number of nitrogen functional groups attached to an aromatic ring is 1. The lowest BCUT2D eigenvalue weighted by Crippen LogP contribution is -2.07. The van der Waals surface area contributed by atoms with Crippen molar-refractivity contribution in [2.75, 3.05) is 18.2 Å². The fraction of sp³-hybridized carbons (Fsp3) is 0.0800. The van der Waals surface area contributed by atoms with E-state index in [1.165, 1.54) is 11.8 Å². The minimum atomic E-state index is 0.149. The summed E-state index contributed by atoms with van der Waals surface area (Å²) in [6.45, 7) is 0. The Balaban J connectivity index is 1.44. The maximum Gasteiger partial charge on any atom is 0.232 e. The van der Waals surface area contributed by atoms with E-state index in [1.54, 1.807) is 7.11 Å². The molecule has 0 fully saturated rings. The van der Waals surface area contributed by atoms with E-state index in [0.717, 1.165) is 22.7 Å². The van der Waals surface area contributed by atoms with E-state index >= 15 is 0 Å². The van der Waals surface area contributed by atoms with Crippen LogP contribution in [0.15, 0.2) is 90.1 Å². The standard InChI is InChI=1S/C25H22N8OS/c1-34-20-14-8-9-17(15-20)22-31-32-25(33(22)19-12-6-3-7-13-19)35-16-21-28-23(26)30-24(29-21)27-18-10-4-2-5-11-18/h2-15H,16H2,1H3,(H3,26,27,28,29,30). The molecule has 9 nitrogen and oxygen atoms in total. The summed E-state index contributed by atoms with van der Waals surface area (Å²) in [5.74, 6) is 2.96. The minimum absolute atomic E-state index is 0.149. The second-order valence-corrected chi connectivity index (χ2v) is 8.36. The van der Waals surface area contributed by atoms with Crippen molar-refractivity contribution in [3.63, 3.8) is 0 Å². The molecule has 0 radical (unpaired) electrons. The summed E-state index contributed by atoms with van der Waals surface area (Å²) >= 11 is 1.47. The number of nitrogens with two attached hydrogens (primary N) is 1. The third-order valence-corrected chi connectivity index (χ3v) is 5.96. The van der Waals surface area contributed by atoms with Gasteiger partial charge in [0.05, 0.1) is 12.9 Å². The van der Waals surface area contributed by atoms with Crippen molar-refractivity contribution in [1.82, 2.24) is 29.7 Å². The molecule has 0 aliphatic rings. The highest BCUT2D eigenvalue weighted by atomic mass is 32.2. The molecule has 0 saturated carbocycles. The SMILES string of the molecule is COc1cccc(-c2nnc(SCc3nc(N)nc(Nc4ccccc4)n3)n2-c2ccccc2)c1. The highest BCUT2D eigenvalue weighted by Crippen LogP contribution is 2.31. The van der Waals surface area contributed by atoms with Gasteiger partial charge in [0.2, 0.25) is 11.9 Å². The lowest BCUT2D eigenvalue weighted by Gasteiger charge is -2.11. The van der Waals surface area contributed by atoms with Crippen LogP contribution in [0.5, 0.6) is 5.75 Å². The summed E-state index contributed by atoms with van der Waals surface area (Å²) < 4.78 is 7.40. The Kier molecular flexibility index (Phi) is 6.53. The molecule has 0 spiro atoms. The average molecular weight is 483 g/mol. The fourth-order valence-electron chi connectivity index (χ4n) is 3.46. The number of nitrogens with one attached hydrogen (secondary N) is 1. The Morgan fingerprint density at radius 2 is 1.66 bits per heavy atom. The van der Waals surface area contributed by atoms with E-state index in [-0.39, 0.29) is 5.95 Å². The maximum absolute atomic E-state index is 5.95. The average Bonchev–Trinajstić information content (AvgIpc) is 3.32.